The summed E-state index contributed by atoms with van der Waals surface area (Å²) in [7, 11) is 0. The summed E-state index contributed by atoms with van der Waals surface area (Å²) in [5.74, 6) is 2.34. The van der Waals surface area contributed by atoms with Crippen molar-refractivity contribution in [1.29, 1.82) is 0 Å². The van der Waals surface area contributed by atoms with Gasteiger partial charge in [-0.05, 0) is 71.1 Å². The molecule has 1 aliphatic carbocycles. The lowest BCUT2D eigenvalue weighted by atomic mass is 10.1. The molecular formula is C25H32N6O2. The number of hydrogen-bond acceptors (Lipinski definition) is 6. The maximum atomic E-state index is 12.8. The Morgan fingerprint density at radius 1 is 1.06 bits per heavy atom. The van der Waals surface area contributed by atoms with Crippen LogP contribution in [0.4, 0.5) is 10.6 Å². The highest BCUT2D eigenvalue weighted by atomic mass is 16.6. The summed E-state index contributed by atoms with van der Waals surface area (Å²) in [6.45, 7) is 11.2. The van der Waals surface area contributed by atoms with Gasteiger partial charge in [0.25, 0.3) is 0 Å². The molecule has 1 saturated heterocycles. The van der Waals surface area contributed by atoms with Crippen molar-refractivity contribution in [3.05, 3.63) is 42.5 Å². The lowest BCUT2D eigenvalue weighted by Crippen LogP contribution is -2.59. The van der Waals surface area contributed by atoms with Gasteiger partial charge in [-0.15, -0.1) is 0 Å². The van der Waals surface area contributed by atoms with E-state index in [0.29, 0.717) is 19.0 Å². The van der Waals surface area contributed by atoms with E-state index in [9.17, 15) is 4.79 Å². The fraction of sp³-hybridized carbons (Fsp3) is 0.520. The minimum absolute atomic E-state index is 0.00307. The molecule has 0 bridgehead atoms. The molecule has 2 aliphatic rings. The standard InChI is InChI=1S/C25H32N6O2/c1-16-13-30(24(32)33-25(3,4)5)17(2)12-29(16)22-21-19(18-9-10-18)14-31(23(21)28-15-27-22)20-8-6-7-11-26-20/h6-8,11,14-18H,9-10,12-13H2,1-5H3/t16-,17+/m0/s1. The van der Waals surface area contributed by atoms with Crippen molar-refractivity contribution < 1.29 is 9.53 Å². The topological polar surface area (TPSA) is 76.4 Å². The van der Waals surface area contributed by atoms with Gasteiger partial charge in [0.15, 0.2) is 5.65 Å². The molecule has 1 amide bonds. The smallest absolute Gasteiger partial charge is 0.410 e. The molecule has 0 aromatic carbocycles. The van der Waals surface area contributed by atoms with Gasteiger partial charge in [0, 0.05) is 37.6 Å². The maximum Gasteiger partial charge on any atom is 0.410 e. The van der Waals surface area contributed by atoms with Crippen molar-refractivity contribution in [3.63, 3.8) is 0 Å². The predicted molar refractivity (Wildman–Crippen MR) is 128 cm³/mol. The van der Waals surface area contributed by atoms with Gasteiger partial charge >= 0.3 is 6.09 Å². The van der Waals surface area contributed by atoms with Crippen LogP contribution >= 0.6 is 0 Å². The zero-order chi connectivity index (χ0) is 23.3. The minimum Gasteiger partial charge on any atom is -0.444 e. The van der Waals surface area contributed by atoms with Crippen LogP contribution in [0.3, 0.4) is 0 Å². The Morgan fingerprint density at radius 3 is 2.52 bits per heavy atom. The second kappa shape index (κ2) is 8.01. The van der Waals surface area contributed by atoms with Crippen LogP contribution in [-0.2, 0) is 4.74 Å². The predicted octanol–water partition coefficient (Wildman–Crippen LogP) is 4.53. The van der Waals surface area contributed by atoms with Gasteiger partial charge in [-0.2, -0.15) is 0 Å². The van der Waals surface area contributed by atoms with E-state index in [1.165, 1.54) is 18.4 Å². The molecule has 0 N–H and O–H groups in total. The lowest BCUT2D eigenvalue weighted by molar-refractivity contribution is 0.0130. The van der Waals surface area contributed by atoms with Crippen LogP contribution in [0.1, 0.15) is 58.9 Å². The first-order valence-corrected chi connectivity index (χ1v) is 11.8. The number of amides is 1. The van der Waals surface area contributed by atoms with Gasteiger partial charge < -0.3 is 14.5 Å². The first-order valence-electron chi connectivity index (χ1n) is 11.8. The first kappa shape index (κ1) is 21.7. The molecule has 1 aliphatic heterocycles. The summed E-state index contributed by atoms with van der Waals surface area (Å²) in [5, 5.41) is 1.11. The number of pyridine rings is 1. The number of fused-ring (bicyclic) bond motifs is 1. The van der Waals surface area contributed by atoms with Gasteiger partial charge in [0.1, 0.15) is 23.6 Å². The van der Waals surface area contributed by atoms with E-state index in [-0.39, 0.29) is 18.2 Å². The van der Waals surface area contributed by atoms with Gasteiger partial charge in [-0.3, -0.25) is 4.57 Å². The summed E-state index contributed by atoms with van der Waals surface area (Å²) >= 11 is 0. The minimum atomic E-state index is -0.510. The zero-order valence-corrected chi connectivity index (χ0v) is 20.0. The highest BCUT2D eigenvalue weighted by Crippen LogP contribution is 2.46. The molecule has 1 saturated carbocycles. The molecule has 4 heterocycles. The average molecular weight is 449 g/mol. The number of anilines is 1. The second-order valence-corrected chi connectivity index (χ2v) is 10.3. The third kappa shape index (κ3) is 4.14. The number of carbonyl (C=O) groups is 1. The maximum absolute atomic E-state index is 12.8. The quantitative estimate of drug-likeness (QED) is 0.586. The van der Waals surface area contributed by atoms with Crippen molar-refractivity contribution in [2.45, 2.75) is 71.1 Å². The first-order chi connectivity index (χ1) is 15.7. The fourth-order valence-corrected chi connectivity index (χ4v) is 4.66. The van der Waals surface area contributed by atoms with E-state index >= 15 is 0 Å². The van der Waals surface area contributed by atoms with Gasteiger partial charge in [0.05, 0.1) is 5.39 Å². The van der Waals surface area contributed by atoms with E-state index in [1.54, 1.807) is 12.5 Å². The van der Waals surface area contributed by atoms with Crippen molar-refractivity contribution in [2.75, 3.05) is 18.0 Å². The molecule has 0 unspecified atom stereocenters. The average Bonchev–Trinajstić information content (AvgIpc) is 3.54. The summed E-state index contributed by atoms with van der Waals surface area (Å²) in [6, 6.07) is 6.01. The van der Waals surface area contributed by atoms with Crippen molar-refractivity contribution in [2.24, 2.45) is 0 Å². The van der Waals surface area contributed by atoms with Crippen LogP contribution in [0.2, 0.25) is 0 Å². The van der Waals surface area contributed by atoms with E-state index in [2.05, 4.69) is 39.5 Å². The number of piperazine rings is 1. The Balaban J connectivity index is 1.52. The van der Waals surface area contributed by atoms with Gasteiger partial charge in [0.2, 0.25) is 0 Å². The Kier molecular flexibility index (Phi) is 5.26. The second-order valence-electron chi connectivity index (χ2n) is 10.3. The molecule has 3 aromatic rings. The summed E-state index contributed by atoms with van der Waals surface area (Å²) in [5.41, 5.74) is 1.67. The van der Waals surface area contributed by atoms with Crippen molar-refractivity contribution >= 4 is 22.9 Å². The fourth-order valence-electron chi connectivity index (χ4n) is 4.66. The molecule has 0 spiro atoms. The normalized spacial score (nSPS) is 21.5. The highest BCUT2D eigenvalue weighted by molar-refractivity contribution is 5.93. The Hall–Kier alpha value is -3.16. The monoisotopic (exact) mass is 448 g/mol. The number of hydrogen-bond donors (Lipinski definition) is 0. The molecule has 5 rings (SSSR count). The van der Waals surface area contributed by atoms with Gasteiger partial charge in [-0.1, -0.05) is 6.07 Å². The van der Waals surface area contributed by atoms with Crippen LogP contribution in [0.25, 0.3) is 16.9 Å². The third-order valence-corrected chi connectivity index (χ3v) is 6.39. The van der Waals surface area contributed by atoms with E-state index < -0.39 is 5.60 Å². The van der Waals surface area contributed by atoms with Crippen LogP contribution in [0.15, 0.2) is 36.9 Å². The highest BCUT2D eigenvalue weighted by Gasteiger charge is 2.37. The van der Waals surface area contributed by atoms with Crippen LogP contribution in [-0.4, -0.2) is 61.3 Å². The van der Waals surface area contributed by atoms with Crippen LogP contribution < -0.4 is 4.90 Å². The van der Waals surface area contributed by atoms with Crippen molar-refractivity contribution in [1.82, 2.24) is 24.4 Å². The number of nitrogens with zero attached hydrogens (tertiary/aromatic N) is 6. The molecule has 8 heteroatoms. The number of ether oxygens (including phenoxy) is 1. The van der Waals surface area contributed by atoms with Crippen LogP contribution in [0, 0.1) is 0 Å². The molecular weight excluding hydrogens is 416 g/mol. The number of aromatic nitrogens is 4. The molecule has 2 fully saturated rings. The van der Waals surface area contributed by atoms with E-state index in [1.807, 2.05) is 43.9 Å². The Bertz CT molecular complexity index is 1160. The molecule has 2 atom stereocenters. The molecule has 3 aromatic heterocycles. The molecule has 33 heavy (non-hydrogen) atoms. The Morgan fingerprint density at radius 2 is 1.85 bits per heavy atom. The third-order valence-electron chi connectivity index (χ3n) is 6.39. The zero-order valence-electron chi connectivity index (χ0n) is 20.0. The molecule has 8 nitrogen and oxygen atoms in total. The van der Waals surface area contributed by atoms with Gasteiger partial charge in [-0.25, -0.2) is 19.7 Å². The van der Waals surface area contributed by atoms with E-state index in [0.717, 1.165) is 22.7 Å². The number of carbonyl (C=O) groups excluding carboxylic acids is 1. The number of rotatable bonds is 3. The summed E-state index contributed by atoms with van der Waals surface area (Å²) in [6.07, 6.45) is 7.76. The van der Waals surface area contributed by atoms with Crippen molar-refractivity contribution in [3.8, 4) is 5.82 Å². The summed E-state index contributed by atoms with van der Waals surface area (Å²) in [4.78, 5) is 30.9. The summed E-state index contributed by atoms with van der Waals surface area (Å²) < 4.78 is 7.73. The lowest BCUT2D eigenvalue weighted by Gasteiger charge is -2.44. The Labute approximate surface area is 194 Å². The molecule has 174 valence electrons. The molecule has 0 radical (unpaired) electrons. The van der Waals surface area contributed by atoms with E-state index in [4.69, 9.17) is 9.72 Å². The largest absolute Gasteiger partial charge is 0.444 e. The van der Waals surface area contributed by atoms with Crippen LogP contribution in [0.5, 0.6) is 0 Å². The SMILES string of the molecule is C[C@@H]1CN(c2ncnc3c2c(C2CC2)cn3-c2ccccn2)[C@@H](C)CN1C(=O)OC(C)(C)C.